The largest absolute Gasteiger partial charge is 0.492 e. The molecule has 0 spiro atoms. The minimum absolute atomic E-state index is 0.407. The highest BCUT2D eigenvalue weighted by Gasteiger charge is 2.17. The normalized spacial score (nSPS) is 10.7. The van der Waals surface area contributed by atoms with Crippen molar-refractivity contribution in [1.82, 2.24) is 0 Å². The fourth-order valence-corrected chi connectivity index (χ4v) is 1.73. The van der Waals surface area contributed by atoms with Crippen molar-refractivity contribution in [3.63, 3.8) is 0 Å². The molecule has 0 heterocycles. The Kier molecular flexibility index (Phi) is 4.71. The first-order valence-corrected chi connectivity index (χ1v) is 6.07. The zero-order chi connectivity index (χ0) is 12.9. The van der Waals surface area contributed by atoms with E-state index in [4.69, 9.17) is 10.00 Å². The first-order chi connectivity index (χ1) is 8.00. The summed E-state index contributed by atoms with van der Waals surface area (Å²) in [4.78, 5) is 10.8. The van der Waals surface area contributed by atoms with Crippen molar-refractivity contribution in [2.24, 2.45) is 5.41 Å². The minimum atomic E-state index is -0.414. The number of rotatable bonds is 5. The SMILES string of the molecule is CC(C)(C#N)CCOc1c(Br)cccc1C=O. The smallest absolute Gasteiger partial charge is 0.153 e. The van der Waals surface area contributed by atoms with Gasteiger partial charge in [-0.05, 0) is 48.3 Å². The third kappa shape index (κ3) is 3.86. The van der Waals surface area contributed by atoms with Gasteiger partial charge in [0.25, 0.3) is 0 Å². The molecule has 3 nitrogen and oxygen atoms in total. The number of para-hydroxylation sites is 1. The van der Waals surface area contributed by atoms with Gasteiger partial charge in [-0.2, -0.15) is 5.26 Å². The van der Waals surface area contributed by atoms with Crippen LogP contribution in [0.2, 0.25) is 0 Å². The van der Waals surface area contributed by atoms with Gasteiger partial charge in [-0.25, -0.2) is 0 Å². The topological polar surface area (TPSA) is 50.1 Å². The number of nitriles is 1. The number of benzene rings is 1. The fourth-order valence-electron chi connectivity index (χ4n) is 1.23. The van der Waals surface area contributed by atoms with Crippen molar-refractivity contribution in [3.05, 3.63) is 28.2 Å². The molecule has 1 aromatic rings. The lowest BCUT2D eigenvalue weighted by molar-refractivity contribution is 0.111. The number of hydrogen-bond donors (Lipinski definition) is 0. The number of carbonyl (C=O) groups is 1. The van der Waals surface area contributed by atoms with Crippen molar-refractivity contribution >= 4 is 22.2 Å². The second kappa shape index (κ2) is 5.83. The summed E-state index contributed by atoms with van der Waals surface area (Å²) < 4.78 is 6.31. The fraction of sp³-hybridized carbons (Fsp3) is 0.385. The second-order valence-electron chi connectivity index (χ2n) is 4.37. The zero-order valence-electron chi connectivity index (χ0n) is 9.87. The lowest BCUT2D eigenvalue weighted by Crippen LogP contribution is -2.13. The standard InChI is InChI=1S/C13H14BrNO2/c1-13(2,9-15)6-7-17-12-10(8-16)4-3-5-11(12)14/h3-5,8H,6-7H2,1-2H3. The van der Waals surface area contributed by atoms with E-state index in [1.54, 1.807) is 12.1 Å². The molecule has 0 fully saturated rings. The number of carbonyl (C=O) groups excluding carboxylic acids is 1. The van der Waals surface area contributed by atoms with Crippen LogP contribution < -0.4 is 4.74 Å². The maximum Gasteiger partial charge on any atom is 0.153 e. The quantitative estimate of drug-likeness (QED) is 0.780. The lowest BCUT2D eigenvalue weighted by atomic mass is 9.92. The first-order valence-electron chi connectivity index (χ1n) is 5.28. The van der Waals surface area contributed by atoms with Crippen LogP contribution in [0.5, 0.6) is 5.75 Å². The molecule has 90 valence electrons. The highest BCUT2D eigenvalue weighted by Crippen LogP contribution is 2.29. The Morgan fingerprint density at radius 3 is 2.82 bits per heavy atom. The predicted molar refractivity (Wildman–Crippen MR) is 69.0 cm³/mol. The predicted octanol–water partition coefficient (Wildman–Crippen LogP) is 3.58. The van der Waals surface area contributed by atoms with Crippen LogP contribution in [0.25, 0.3) is 0 Å². The lowest BCUT2D eigenvalue weighted by Gasteiger charge is -2.16. The van der Waals surface area contributed by atoms with Crippen LogP contribution >= 0.6 is 15.9 Å². The number of halogens is 1. The Balaban J connectivity index is 2.70. The van der Waals surface area contributed by atoms with Crippen molar-refractivity contribution in [2.45, 2.75) is 20.3 Å². The van der Waals surface area contributed by atoms with E-state index >= 15 is 0 Å². The molecule has 0 aliphatic rings. The van der Waals surface area contributed by atoms with Crippen molar-refractivity contribution in [1.29, 1.82) is 5.26 Å². The number of ether oxygens (including phenoxy) is 1. The molecule has 17 heavy (non-hydrogen) atoms. The van der Waals surface area contributed by atoms with Gasteiger partial charge >= 0.3 is 0 Å². The molecule has 0 saturated carbocycles. The summed E-state index contributed by atoms with van der Waals surface area (Å²) in [6.45, 7) is 4.12. The summed E-state index contributed by atoms with van der Waals surface area (Å²) in [5.74, 6) is 0.538. The molecule has 0 saturated heterocycles. The van der Waals surface area contributed by atoms with Crippen molar-refractivity contribution in [2.75, 3.05) is 6.61 Å². The Morgan fingerprint density at radius 1 is 1.53 bits per heavy atom. The summed E-state index contributed by atoms with van der Waals surface area (Å²) in [6.07, 6.45) is 1.37. The van der Waals surface area contributed by atoms with E-state index in [1.165, 1.54) is 0 Å². The summed E-state index contributed by atoms with van der Waals surface area (Å²) in [5, 5.41) is 8.88. The maximum atomic E-state index is 10.8. The Morgan fingerprint density at radius 2 is 2.24 bits per heavy atom. The van der Waals surface area contributed by atoms with Gasteiger partial charge in [-0.1, -0.05) is 6.07 Å². The van der Waals surface area contributed by atoms with Gasteiger partial charge in [0.2, 0.25) is 0 Å². The summed E-state index contributed by atoms with van der Waals surface area (Å²) in [6, 6.07) is 7.50. The van der Waals surface area contributed by atoms with Crippen LogP contribution in [0.1, 0.15) is 30.6 Å². The number of hydrogen-bond acceptors (Lipinski definition) is 3. The van der Waals surface area contributed by atoms with Crippen LogP contribution in [-0.4, -0.2) is 12.9 Å². The van der Waals surface area contributed by atoms with Gasteiger partial charge in [-0.3, -0.25) is 4.79 Å². The monoisotopic (exact) mass is 295 g/mol. The summed E-state index contributed by atoms with van der Waals surface area (Å²) >= 11 is 3.34. The molecule has 1 aromatic carbocycles. The van der Waals surface area contributed by atoms with E-state index in [1.807, 2.05) is 19.9 Å². The van der Waals surface area contributed by atoms with E-state index in [2.05, 4.69) is 22.0 Å². The van der Waals surface area contributed by atoms with Gasteiger partial charge in [-0.15, -0.1) is 0 Å². The molecule has 0 unspecified atom stereocenters. The number of aldehydes is 1. The number of nitrogens with zero attached hydrogens (tertiary/aromatic N) is 1. The van der Waals surface area contributed by atoms with E-state index in [-0.39, 0.29) is 0 Å². The molecule has 0 amide bonds. The Labute approximate surface area is 110 Å². The molecule has 0 atom stereocenters. The van der Waals surface area contributed by atoms with Crippen LogP contribution in [0, 0.1) is 16.7 Å². The van der Waals surface area contributed by atoms with Crippen LogP contribution in [0.15, 0.2) is 22.7 Å². The van der Waals surface area contributed by atoms with Crippen molar-refractivity contribution in [3.8, 4) is 11.8 Å². The van der Waals surface area contributed by atoms with Crippen LogP contribution in [0.4, 0.5) is 0 Å². The average molecular weight is 296 g/mol. The third-order valence-electron chi connectivity index (χ3n) is 2.40. The summed E-state index contributed by atoms with van der Waals surface area (Å²) in [7, 11) is 0. The van der Waals surface area contributed by atoms with E-state index in [0.717, 1.165) is 10.8 Å². The molecule has 0 N–H and O–H groups in total. The summed E-state index contributed by atoms with van der Waals surface area (Å²) in [5.41, 5.74) is 0.0944. The van der Waals surface area contributed by atoms with Crippen LogP contribution in [0.3, 0.4) is 0 Å². The Bertz CT molecular complexity index is 449. The highest BCUT2D eigenvalue weighted by atomic mass is 79.9. The average Bonchev–Trinajstić information content (AvgIpc) is 2.31. The van der Waals surface area contributed by atoms with E-state index < -0.39 is 5.41 Å². The van der Waals surface area contributed by atoms with Gasteiger partial charge in [0.15, 0.2) is 6.29 Å². The Hall–Kier alpha value is -1.34. The molecule has 4 heteroatoms. The molecule has 0 bridgehead atoms. The maximum absolute atomic E-state index is 10.8. The molecule has 0 aliphatic carbocycles. The molecule has 0 aromatic heterocycles. The third-order valence-corrected chi connectivity index (χ3v) is 3.02. The second-order valence-corrected chi connectivity index (χ2v) is 5.22. The molecule has 0 radical (unpaired) electrons. The van der Waals surface area contributed by atoms with Crippen molar-refractivity contribution < 1.29 is 9.53 Å². The molecule has 0 aliphatic heterocycles. The highest BCUT2D eigenvalue weighted by molar-refractivity contribution is 9.10. The van der Waals surface area contributed by atoms with Crippen LogP contribution in [-0.2, 0) is 0 Å². The molecular weight excluding hydrogens is 282 g/mol. The molecule has 1 rings (SSSR count). The minimum Gasteiger partial charge on any atom is -0.492 e. The van der Waals surface area contributed by atoms with E-state index in [9.17, 15) is 4.79 Å². The first kappa shape index (κ1) is 13.7. The van der Waals surface area contributed by atoms with Gasteiger partial charge < -0.3 is 4.74 Å². The molecular formula is C13H14BrNO2. The van der Waals surface area contributed by atoms with Gasteiger partial charge in [0, 0.05) is 0 Å². The zero-order valence-corrected chi connectivity index (χ0v) is 11.5. The van der Waals surface area contributed by atoms with Gasteiger partial charge in [0.1, 0.15) is 5.75 Å². The van der Waals surface area contributed by atoms with Gasteiger partial charge in [0.05, 0.1) is 28.1 Å². The van der Waals surface area contributed by atoms with E-state index in [0.29, 0.717) is 24.3 Å².